The van der Waals surface area contributed by atoms with Crippen LogP contribution in [-0.2, 0) is 0 Å². The van der Waals surface area contributed by atoms with Crippen molar-refractivity contribution in [3.05, 3.63) is 29.8 Å². The van der Waals surface area contributed by atoms with E-state index in [2.05, 4.69) is 11.4 Å². The molecule has 0 saturated carbocycles. The Balaban J connectivity index is 1.82. The molecule has 1 heterocycles. The van der Waals surface area contributed by atoms with E-state index in [9.17, 15) is 5.11 Å². The lowest BCUT2D eigenvalue weighted by atomic mass is 10.0. The van der Waals surface area contributed by atoms with E-state index in [1.165, 1.54) is 5.56 Å². The molecule has 0 spiro atoms. The van der Waals surface area contributed by atoms with Crippen LogP contribution >= 0.6 is 0 Å². The van der Waals surface area contributed by atoms with Gasteiger partial charge in [0.1, 0.15) is 5.75 Å². The van der Waals surface area contributed by atoms with Gasteiger partial charge in [-0.05, 0) is 12.0 Å². The Labute approximate surface area is 103 Å². The molecule has 2 N–H and O–H groups in total. The van der Waals surface area contributed by atoms with Gasteiger partial charge in [0.05, 0.1) is 12.7 Å². The lowest BCUT2D eigenvalue weighted by Gasteiger charge is -2.16. The Kier molecular flexibility index (Phi) is 4.02. The van der Waals surface area contributed by atoms with Crippen molar-refractivity contribution in [2.24, 2.45) is 5.92 Å². The number of nitrogens with one attached hydrogen (secondary N) is 1. The summed E-state index contributed by atoms with van der Waals surface area (Å²) in [5.74, 6) is 1.71. The molecule has 2 rings (SSSR count). The number of fused-ring (bicyclic) bond motifs is 1. The summed E-state index contributed by atoms with van der Waals surface area (Å²) in [5, 5.41) is 13.0. The maximum absolute atomic E-state index is 9.70. The van der Waals surface area contributed by atoms with Gasteiger partial charge in [-0.3, -0.25) is 0 Å². The highest BCUT2D eigenvalue weighted by molar-refractivity contribution is 5.39. The van der Waals surface area contributed by atoms with Crippen molar-refractivity contribution < 1.29 is 9.84 Å². The third-order valence-corrected chi connectivity index (χ3v) is 3.31. The second-order valence-corrected chi connectivity index (χ2v) is 5.02. The molecule has 94 valence electrons. The van der Waals surface area contributed by atoms with Crippen LogP contribution in [-0.4, -0.2) is 30.9 Å². The lowest BCUT2D eigenvalue weighted by molar-refractivity contribution is 0.123. The fourth-order valence-electron chi connectivity index (χ4n) is 2.04. The summed E-state index contributed by atoms with van der Waals surface area (Å²) in [6.45, 7) is 6.31. The van der Waals surface area contributed by atoms with Gasteiger partial charge in [-0.25, -0.2) is 0 Å². The van der Waals surface area contributed by atoms with E-state index in [1.54, 1.807) is 0 Å². The first kappa shape index (κ1) is 12.4. The number of ether oxygens (including phenoxy) is 1. The number of aliphatic hydroxyl groups is 1. The Bertz CT molecular complexity index is 365. The first-order valence-electron chi connectivity index (χ1n) is 6.29. The van der Waals surface area contributed by atoms with E-state index in [0.29, 0.717) is 18.4 Å². The fraction of sp³-hybridized carbons (Fsp3) is 0.571. The van der Waals surface area contributed by atoms with Gasteiger partial charge in [0.15, 0.2) is 0 Å². The molecule has 0 aliphatic carbocycles. The topological polar surface area (TPSA) is 41.5 Å². The molecule has 0 amide bonds. The molecule has 3 heteroatoms. The van der Waals surface area contributed by atoms with Crippen molar-refractivity contribution in [2.45, 2.75) is 25.9 Å². The molecular formula is C14H21NO2. The summed E-state index contributed by atoms with van der Waals surface area (Å²) in [7, 11) is 0. The van der Waals surface area contributed by atoms with Gasteiger partial charge >= 0.3 is 0 Å². The molecule has 0 saturated heterocycles. The zero-order valence-electron chi connectivity index (χ0n) is 10.5. The van der Waals surface area contributed by atoms with Gasteiger partial charge in [-0.15, -0.1) is 0 Å². The largest absolute Gasteiger partial charge is 0.493 e. The molecular weight excluding hydrogens is 214 g/mol. The minimum absolute atomic E-state index is 0.271. The Morgan fingerprint density at radius 1 is 1.41 bits per heavy atom. The fourth-order valence-corrected chi connectivity index (χ4v) is 2.04. The normalized spacial score (nSPS) is 20.1. The summed E-state index contributed by atoms with van der Waals surface area (Å²) < 4.78 is 5.61. The van der Waals surface area contributed by atoms with E-state index in [-0.39, 0.29) is 6.10 Å². The van der Waals surface area contributed by atoms with E-state index in [1.807, 2.05) is 32.0 Å². The summed E-state index contributed by atoms with van der Waals surface area (Å²) in [4.78, 5) is 0. The second-order valence-electron chi connectivity index (χ2n) is 5.02. The highest BCUT2D eigenvalue weighted by Crippen LogP contribution is 2.32. The summed E-state index contributed by atoms with van der Waals surface area (Å²) in [6, 6.07) is 8.17. The van der Waals surface area contributed by atoms with Crippen molar-refractivity contribution in [1.82, 2.24) is 5.32 Å². The molecule has 2 atom stereocenters. The highest BCUT2D eigenvalue weighted by Gasteiger charge is 2.23. The van der Waals surface area contributed by atoms with Crippen LogP contribution < -0.4 is 10.1 Å². The van der Waals surface area contributed by atoms with Crippen molar-refractivity contribution in [3.63, 3.8) is 0 Å². The number of rotatable bonds is 5. The maximum atomic E-state index is 9.70. The molecule has 1 aliphatic heterocycles. The lowest BCUT2D eigenvalue weighted by Crippen LogP contribution is -2.33. The van der Waals surface area contributed by atoms with Crippen molar-refractivity contribution in [3.8, 4) is 5.75 Å². The average Bonchev–Trinajstić information content (AvgIpc) is 2.72. The Morgan fingerprint density at radius 2 is 2.18 bits per heavy atom. The Morgan fingerprint density at radius 3 is 2.94 bits per heavy atom. The number of benzene rings is 1. The predicted octanol–water partition coefficient (Wildman–Crippen LogP) is 1.77. The minimum atomic E-state index is -0.271. The minimum Gasteiger partial charge on any atom is -0.493 e. The maximum Gasteiger partial charge on any atom is 0.122 e. The van der Waals surface area contributed by atoms with Crippen LogP contribution in [0.4, 0.5) is 0 Å². The van der Waals surface area contributed by atoms with Crippen molar-refractivity contribution >= 4 is 0 Å². The quantitative estimate of drug-likeness (QED) is 0.817. The Hall–Kier alpha value is -1.06. The van der Waals surface area contributed by atoms with Crippen molar-refractivity contribution in [1.29, 1.82) is 0 Å². The molecule has 2 unspecified atom stereocenters. The molecule has 0 fully saturated rings. The standard InChI is InChI=1S/C14H21NO2/c1-10(2)13(16)8-15-7-11-9-17-14-6-4-3-5-12(11)14/h3-6,10-11,13,15-16H,7-9H2,1-2H3. The van der Waals surface area contributed by atoms with Gasteiger partial charge < -0.3 is 15.2 Å². The van der Waals surface area contributed by atoms with Gasteiger partial charge in [0.2, 0.25) is 0 Å². The summed E-state index contributed by atoms with van der Waals surface area (Å²) in [6.07, 6.45) is -0.271. The van der Waals surface area contributed by atoms with Gasteiger partial charge in [-0.1, -0.05) is 32.0 Å². The second kappa shape index (κ2) is 5.52. The van der Waals surface area contributed by atoms with E-state index in [4.69, 9.17) is 4.74 Å². The summed E-state index contributed by atoms with van der Waals surface area (Å²) in [5.41, 5.74) is 1.28. The summed E-state index contributed by atoms with van der Waals surface area (Å²) >= 11 is 0. The SMILES string of the molecule is CC(C)C(O)CNCC1COc2ccccc21. The van der Waals surface area contributed by atoms with Crippen molar-refractivity contribution in [2.75, 3.05) is 19.7 Å². The number of aliphatic hydroxyl groups excluding tert-OH is 1. The zero-order chi connectivity index (χ0) is 12.3. The molecule has 1 aromatic carbocycles. The highest BCUT2D eigenvalue weighted by atomic mass is 16.5. The van der Waals surface area contributed by atoms with E-state index in [0.717, 1.165) is 18.9 Å². The number of hydrogen-bond acceptors (Lipinski definition) is 3. The molecule has 0 bridgehead atoms. The number of para-hydroxylation sites is 1. The monoisotopic (exact) mass is 235 g/mol. The zero-order valence-corrected chi connectivity index (χ0v) is 10.5. The molecule has 0 aromatic heterocycles. The number of hydrogen-bond donors (Lipinski definition) is 2. The van der Waals surface area contributed by atoms with Crippen LogP contribution in [0, 0.1) is 5.92 Å². The molecule has 0 radical (unpaired) electrons. The van der Waals surface area contributed by atoms with Crippen LogP contribution in [0.3, 0.4) is 0 Å². The van der Waals surface area contributed by atoms with Crippen LogP contribution in [0.15, 0.2) is 24.3 Å². The third kappa shape index (κ3) is 2.99. The molecule has 17 heavy (non-hydrogen) atoms. The third-order valence-electron chi connectivity index (χ3n) is 3.31. The molecule has 1 aromatic rings. The van der Waals surface area contributed by atoms with Gasteiger partial charge in [-0.2, -0.15) is 0 Å². The first-order chi connectivity index (χ1) is 8.18. The molecule has 1 aliphatic rings. The predicted molar refractivity (Wildman–Crippen MR) is 68.4 cm³/mol. The van der Waals surface area contributed by atoms with Crippen LogP contribution in [0.5, 0.6) is 5.75 Å². The van der Waals surface area contributed by atoms with Gasteiger partial charge in [0, 0.05) is 24.6 Å². The van der Waals surface area contributed by atoms with Gasteiger partial charge in [0.25, 0.3) is 0 Å². The smallest absolute Gasteiger partial charge is 0.122 e. The van der Waals surface area contributed by atoms with E-state index < -0.39 is 0 Å². The first-order valence-corrected chi connectivity index (χ1v) is 6.29. The van der Waals surface area contributed by atoms with Crippen LogP contribution in [0.25, 0.3) is 0 Å². The van der Waals surface area contributed by atoms with Crippen LogP contribution in [0.2, 0.25) is 0 Å². The molecule has 3 nitrogen and oxygen atoms in total. The average molecular weight is 235 g/mol. The van der Waals surface area contributed by atoms with E-state index >= 15 is 0 Å². The van der Waals surface area contributed by atoms with Crippen LogP contribution in [0.1, 0.15) is 25.3 Å².